The van der Waals surface area contributed by atoms with Crippen molar-refractivity contribution in [1.82, 2.24) is 4.31 Å². The third-order valence-electron chi connectivity index (χ3n) is 2.20. The molecule has 4 nitrogen and oxygen atoms in total. The van der Waals surface area contributed by atoms with Crippen molar-refractivity contribution in [2.24, 2.45) is 0 Å². The molecule has 104 valence electrons. The maximum absolute atomic E-state index is 11.8. The molecule has 0 amide bonds. The van der Waals surface area contributed by atoms with Gasteiger partial charge >= 0.3 is 6.18 Å². The summed E-state index contributed by atoms with van der Waals surface area (Å²) in [6.07, 6.45) is -6.24. The van der Waals surface area contributed by atoms with Crippen LogP contribution in [0.3, 0.4) is 0 Å². The van der Waals surface area contributed by atoms with Gasteiger partial charge in [0.2, 0.25) is 10.0 Å². The van der Waals surface area contributed by atoms with Gasteiger partial charge in [-0.05, 0) is 19.8 Å². The van der Waals surface area contributed by atoms with Gasteiger partial charge in [0, 0.05) is 20.0 Å². The smallest absolute Gasteiger partial charge is 0.389 e. The molecule has 0 aliphatic rings. The fraction of sp³-hybridized carbons (Fsp3) is 1.00. The van der Waals surface area contributed by atoms with Crippen molar-refractivity contribution < 1.29 is 26.7 Å². The SMILES string of the molecule is CC(O)CCN(C)S(=O)(=O)CCCC(F)(F)F. The summed E-state index contributed by atoms with van der Waals surface area (Å²) in [4.78, 5) is 0. The van der Waals surface area contributed by atoms with Crippen molar-refractivity contribution in [2.75, 3.05) is 19.3 Å². The molecule has 1 unspecified atom stereocenters. The average Bonchev–Trinajstić information content (AvgIpc) is 2.11. The fourth-order valence-corrected chi connectivity index (χ4v) is 2.32. The molecule has 17 heavy (non-hydrogen) atoms. The Morgan fingerprint density at radius 2 is 1.88 bits per heavy atom. The summed E-state index contributed by atoms with van der Waals surface area (Å²) in [5, 5.41) is 8.98. The van der Waals surface area contributed by atoms with E-state index in [2.05, 4.69) is 0 Å². The third kappa shape index (κ3) is 8.39. The van der Waals surface area contributed by atoms with E-state index in [1.54, 1.807) is 0 Å². The van der Waals surface area contributed by atoms with E-state index in [0.29, 0.717) is 0 Å². The number of hydrogen-bond donors (Lipinski definition) is 1. The van der Waals surface area contributed by atoms with Gasteiger partial charge in [0.1, 0.15) is 0 Å². The monoisotopic (exact) mass is 277 g/mol. The second-order valence-electron chi connectivity index (χ2n) is 3.99. The highest BCUT2D eigenvalue weighted by atomic mass is 32.2. The van der Waals surface area contributed by atoms with Crippen LogP contribution in [0.4, 0.5) is 13.2 Å². The van der Waals surface area contributed by atoms with Gasteiger partial charge in [0.15, 0.2) is 0 Å². The van der Waals surface area contributed by atoms with E-state index in [-0.39, 0.29) is 13.0 Å². The molecule has 0 bridgehead atoms. The predicted octanol–water partition coefficient (Wildman–Crippen LogP) is 1.36. The minimum Gasteiger partial charge on any atom is -0.393 e. The number of nitrogens with zero attached hydrogens (tertiary/aromatic N) is 1. The van der Waals surface area contributed by atoms with E-state index in [1.165, 1.54) is 14.0 Å². The molecule has 0 saturated carbocycles. The Bertz CT molecular complexity index is 314. The van der Waals surface area contributed by atoms with Crippen molar-refractivity contribution in [3.05, 3.63) is 0 Å². The van der Waals surface area contributed by atoms with Crippen LogP contribution >= 0.6 is 0 Å². The van der Waals surface area contributed by atoms with E-state index in [1.807, 2.05) is 0 Å². The van der Waals surface area contributed by atoms with Gasteiger partial charge in [0.05, 0.1) is 11.9 Å². The Morgan fingerprint density at radius 1 is 1.35 bits per heavy atom. The highest BCUT2D eigenvalue weighted by Crippen LogP contribution is 2.21. The summed E-state index contributed by atoms with van der Waals surface area (Å²) in [6.45, 7) is 1.62. The average molecular weight is 277 g/mol. The number of aliphatic hydroxyl groups is 1. The van der Waals surface area contributed by atoms with E-state index in [0.717, 1.165) is 4.31 Å². The lowest BCUT2D eigenvalue weighted by molar-refractivity contribution is -0.134. The van der Waals surface area contributed by atoms with Crippen LogP contribution < -0.4 is 0 Å². The second-order valence-corrected chi connectivity index (χ2v) is 6.19. The lowest BCUT2D eigenvalue weighted by atomic mass is 10.3. The molecule has 8 heteroatoms. The largest absolute Gasteiger partial charge is 0.393 e. The van der Waals surface area contributed by atoms with Crippen molar-refractivity contribution in [1.29, 1.82) is 0 Å². The Balaban J connectivity index is 4.10. The predicted molar refractivity (Wildman–Crippen MR) is 58.0 cm³/mol. The molecule has 0 fully saturated rings. The molecule has 0 aliphatic carbocycles. The van der Waals surface area contributed by atoms with Crippen molar-refractivity contribution in [3.8, 4) is 0 Å². The third-order valence-corrected chi connectivity index (χ3v) is 4.14. The molecular formula is C9H18F3NO3S. The van der Waals surface area contributed by atoms with Gasteiger partial charge < -0.3 is 5.11 Å². The first-order valence-corrected chi connectivity index (χ1v) is 6.84. The maximum atomic E-state index is 11.8. The minimum absolute atomic E-state index is 0.103. The Labute approximate surface area is 99.5 Å². The molecule has 0 radical (unpaired) electrons. The van der Waals surface area contributed by atoms with Crippen LogP contribution in [0.15, 0.2) is 0 Å². The molecule has 0 aromatic rings. The summed E-state index contributed by atoms with van der Waals surface area (Å²) in [7, 11) is -2.36. The molecule has 0 saturated heterocycles. The van der Waals surface area contributed by atoms with Crippen LogP contribution in [0.1, 0.15) is 26.2 Å². The molecule has 0 aliphatic heterocycles. The van der Waals surface area contributed by atoms with Gasteiger partial charge in [-0.3, -0.25) is 0 Å². The van der Waals surface area contributed by atoms with Crippen LogP contribution in [0.25, 0.3) is 0 Å². The number of alkyl halides is 3. The molecule has 0 spiro atoms. The van der Waals surface area contributed by atoms with Crippen LogP contribution in [-0.2, 0) is 10.0 Å². The summed E-state index contributed by atoms with van der Waals surface area (Å²) >= 11 is 0. The Hall–Kier alpha value is -0.340. The number of hydrogen-bond acceptors (Lipinski definition) is 3. The van der Waals surface area contributed by atoms with E-state index < -0.39 is 40.9 Å². The molecule has 0 heterocycles. The topological polar surface area (TPSA) is 57.6 Å². The summed E-state index contributed by atoms with van der Waals surface area (Å²) in [6, 6.07) is 0. The molecule has 1 atom stereocenters. The lowest BCUT2D eigenvalue weighted by Gasteiger charge is -2.18. The molecule has 0 rings (SSSR count). The minimum atomic E-state index is -4.33. The lowest BCUT2D eigenvalue weighted by Crippen LogP contribution is -2.32. The van der Waals surface area contributed by atoms with Crippen LogP contribution in [0.2, 0.25) is 0 Å². The highest BCUT2D eigenvalue weighted by Gasteiger charge is 2.28. The van der Waals surface area contributed by atoms with E-state index >= 15 is 0 Å². The zero-order valence-electron chi connectivity index (χ0n) is 9.87. The van der Waals surface area contributed by atoms with Gasteiger partial charge in [-0.15, -0.1) is 0 Å². The first-order valence-electron chi connectivity index (χ1n) is 5.23. The molecule has 0 aromatic carbocycles. The van der Waals surface area contributed by atoms with Crippen molar-refractivity contribution in [3.63, 3.8) is 0 Å². The Kier molecular flexibility index (Phi) is 6.42. The fourth-order valence-electron chi connectivity index (χ4n) is 1.12. The summed E-state index contributed by atoms with van der Waals surface area (Å²) < 4.78 is 59.5. The molecular weight excluding hydrogens is 259 g/mol. The normalized spacial score (nSPS) is 15.2. The quantitative estimate of drug-likeness (QED) is 0.764. The molecule has 1 N–H and O–H groups in total. The second kappa shape index (κ2) is 6.55. The molecule has 0 aromatic heterocycles. The zero-order valence-corrected chi connectivity index (χ0v) is 10.7. The first-order chi connectivity index (χ1) is 7.54. The summed E-state index contributed by atoms with van der Waals surface area (Å²) in [5.74, 6) is -0.525. The van der Waals surface area contributed by atoms with Crippen LogP contribution in [0.5, 0.6) is 0 Å². The summed E-state index contributed by atoms with van der Waals surface area (Å²) in [5.41, 5.74) is 0. The van der Waals surface area contributed by atoms with E-state index in [4.69, 9.17) is 5.11 Å². The van der Waals surface area contributed by atoms with Crippen LogP contribution in [0, 0.1) is 0 Å². The van der Waals surface area contributed by atoms with Crippen molar-refractivity contribution in [2.45, 2.75) is 38.5 Å². The number of aliphatic hydroxyl groups excluding tert-OH is 1. The van der Waals surface area contributed by atoms with Gasteiger partial charge in [-0.25, -0.2) is 12.7 Å². The number of rotatable bonds is 7. The first kappa shape index (κ1) is 16.7. The van der Waals surface area contributed by atoms with Crippen LogP contribution in [-0.4, -0.2) is 49.5 Å². The van der Waals surface area contributed by atoms with Crippen molar-refractivity contribution >= 4 is 10.0 Å². The maximum Gasteiger partial charge on any atom is 0.389 e. The standard InChI is InChI=1S/C9H18F3NO3S/c1-8(14)4-6-13(2)17(15,16)7-3-5-9(10,11)12/h8,14H,3-7H2,1-2H3. The van der Waals surface area contributed by atoms with Gasteiger partial charge in [-0.2, -0.15) is 13.2 Å². The Morgan fingerprint density at radius 3 is 2.29 bits per heavy atom. The number of halogens is 3. The van der Waals surface area contributed by atoms with Gasteiger partial charge in [0.25, 0.3) is 0 Å². The van der Waals surface area contributed by atoms with Gasteiger partial charge in [-0.1, -0.05) is 0 Å². The van der Waals surface area contributed by atoms with E-state index in [9.17, 15) is 21.6 Å². The zero-order chi connectivity index (χ0) is 13.7. The number of sulfonamides is 1. The highest BCUT2D eigenvalue weighted by molar-refractivity contribution is 7.89.